The van der Waals surface area contributed by atoms with E-state index in [1.165, 1.54) is 0 Å². The molecule has 0 heterocycles. The van der Waals surface area contributed by atoms with E-state index in [0.717, 1.165) is 11.1 Å². The molecule has 0 aromatic heterocycles. The van der Waals surface area contributed by atoms with Crippen LogP contribution in [0.4, 0.5) is 9.59 Å². The van der Waals surface area contributed by atoms with E-state index in [-0.39, 0.29) is 26.4 Å². The minimum Gasteiger partial charge on any atom is -0.445 e. The lowest BCUT2D eigenvalue weighted by Gasteiger charge is -2.32. The molecule has 0 aliphatic rings. The van der Waals surface area contributed by atoms with Gasteiger partial charge in [-0.15, -0.1) is 6.42 Å². The Hall–Kier alpha value is -3.54. The number of carbonyl (C=O) groups excluding carboxylic acids is 2. The van der Waals surface area contributed by atoms with Crippen LogP contribution in [0.15, 0.2) is 60.7 Å². The van der Waals surface area contributed by atoms with Crippen molar-refractivity contribution >= 4 is 12.2 Å². The van der Waals surface area contributed by atoms with Gasteiger partial charge in [-0.3, -0.25) is 16.0 Å². The number of carbonyl (C=O) groups is 2. The summed E-state index contributed by atoms with van der Waals surface area (Å²) in [6.07, 6.45) is 3.72. The smallest absolute Gasteiger partial charge is 0.410 e. The molecule has 0 aliphatic heterocycles. The normalized spacial score (nSPS) is 10.6. The van der Waals surface area contributed by atoms with Crippen LogP contribution in [0.1, 0.15) is 18.1 Å². The number of amides is 2. The molecule has 0 unspecified atom stereocenters. The average molecular weight is 425 g/mol. The summed E-state index contributed by atoms with van der Waals surface area (Å²) in [6.45, 7) is 2.50. The fraction of sp³-hybridized carbons (Fsp3) is 0.304. The third-order valence-electron chi connectivity index (χ3n) is 4.04. The highest BCUT2D eigenvalue weighted by atomic mass is 16.6. The van der Waals surface area contributed by atoms with Crippen molar-refractivity contribution in [1.82, 2.24) is 16.0 Å². The Bertz CT molecular complexity index is 795. The maximum atomic E-state index is 12.3. The summed E-state index contributed by atoms with van der Waals surface area (Å²) in [5.74, 6) is 1.02. The fourth-order valence-corrected chi connectivity index (χ4v) is 2.55. The van der Waals surface area contributed by atoms with E-state index in [9.17, 15) is 9.59 Å². The summed E-state index contributed by atoms with van der Waals surface area (Å²) in [5.41, 5.74) is 1.68. The minimum absolute atomic E-state index is 0.0898. The molecule has 0 radical (unpaired) electrons. The Morgan fingerprint density at radius 3 is 1.84 bits per heavy atom. The third-order valence-corrected chi connectivity index (χ3v) is 4.04. The quantitative estimate of drug-likeness (QED) is 0.291. The van der Waals surface area contributed by atoms with Crippen LogP contribution < -0.4 is 16.0 Å². The van der Waals surface area contributed by atoms with E-state index in [4.69, 9.17) is 20.6 Å². The summed E-state index contributed by atoms with van der Waals surface area (Å²) in [4.78, 5) is 24.6. The molecule has 2 amide bonds. The van der Waals surface area contributed by atoms with E-state index in [1.807, 2.05) is 60.7 Å². The van der Waals surface area contributed by atoms with Gasteiger partial charge in [0.2, 0.25) is 0 Å². The van der Waals surface area contributed by atoms with Crippen molar-refractivity contribution in [3.8, 4) is 12.3 Å². The molecule has 0 spiro atoms. The van der Waals surface area contributed by atoms with Crippen molar-refractivity contribution in [2.75, 3.05) is 19.8 Å². The minimum atomic E-state index is -1.35. The van der Waals surface area contributed by atoms with Crippen LogP contribution >= 0.6 is 0 Å². The van der Waals surface area contributed by atoms with Crippen LogP contribution in [0.25, 0.3) is 0 Å². The first-order valence-corrected chi connectivity index (χ1v) is 9.75. The van der Waals surface area contributed by atoms with Crippen LogP contribution in [0.3, 0.4) is 0 Å². The molecule has 8 nitrogen and oxygen atoms in total. The van der Waals surface area contributed by atoms with Crippen molar-refractivity contribution in [3.63, 3.8) is 0 Å². The summed E-state index contributed by atoms with van der Waals surface area (Å²) in [5, 5.41) is 8.20. The lowest BCUT2D eigenvalue weighted by molar-refractivity contribution is 0.0924. The molecular formula is C23H27N3O5. The summed E-state index contributed by atoms with van der Waals surface area (Å²) >= 11 is 0. The van der Waals surface area contributed by atoms with Crippen LogP contribution in [0.2, 0.25) is 0 Å². The number of hydrogen-bond donors (Lipinski definition) is 3. The van der Waals surface area contributed by atoms with Crippen molar-refractivity contribution in [3.05, 3.63) is 71.8 Å². The summed E-state index contributed by atoms with van der Waals surface area (Å²) < 4.78 is 15.7. The van der Waals surface area contributed by atoms with Gasteiger partial charge in [0, 0.05) is 6.54 Å². The van der Waals surface area contributed by atoms with Crippen molar-refractivity contribution in [2.45, 2.75) is 25.9 Å². The zero-order valence-corrected chi connectivity index (χ0v) is 17.4. The number of hydrogen-bond acceptors (Lipinski definition) is 6. The van der Waals surface area contributed by atoms with Gasteiger partial charge < -0.3 is 14.2 Å². The molecule has 2 rings (SSSR count). The van der Waals surface area contributed by atoms with E-state index in [2.05, 4.69) is 21.9 Å². The highest BCUT2D eigenvalue weighted by molar-refractivity contribution is 5.72. The molecule has 0 aliphatic carbocycles. The molecule has 0 bridgehead atoms. The lowest BCUT2D eigenvalue weighted by Crippen LogP contribution is -2.67. The molecular weight excluding hydrogens is 398 g/mol. The van der Waals surface area contributed by atoms with Gasteiger partial charge in [0.05, 0.1) is 6.61 Å². The van der Waals surface area contributed by atoms with Crippen LogP contribution in [0.5, 0.6) is 0 Å². The zero-order chi connectivity index (χ0) is 22.4. The molecule has 0 saturated heterocycles. The number of nitrogens with one attached hydrogen (secondary N) is 3. The molecule has 31 heavy (non-hydrogen) atoms. The van der Waals surface area contributed by atoms with Gasteiger partial charge in [0.25, 0.3) is 0 Å². The SMILES string of the molecule is C#CCOCCNC(C)(NC(=O)OCc1ccccc1)NC(=O)OCc1ccccc1. The Labute approximate surface area is 182 Å². The molecule has 2 aromatic rings. The first-order valence-electron chi connectivity index (χ1n) is 9.75. The van der Waals surface area contributed by atoms with Crippen molar-refractivity contribution in [1.29, 1.82) is 0 Å². The van der Waals surface area contributed by atoms with Crippen LogP contribution in [0, 0.1) is 12.3 Å². The molecule has 2 aromatic carbocycles. The highest BCUT2D eigenvalue weighted by Crippen LogP contribution is 2.04. The van der Waals surface area contributed by atoms with Gasteiger partial charge in [-0.2, -0.15) is 0 Å². The van der Waals surface area contributed by atoms with Gasteiger partial charge in [0.1, 0.15) is 19.8 Å². The second-order valence-corrected chi connectivity index (χ2v) is 6.68. The Morgan fingerprint density at radius 2 is 1.39 bits per heavy atom. The summed E-state index contributed by atoms with van der Waals surface area (Å²) in [7, 11) is 0. The Morgan fingerprint density at radius 1 is 0.903 bits per heavy atom. The van der Waals surface area contributed by atoms with E-state index in [0.29, 0.717) is 6.54 Å². The molecule has 0 fully saturated rings. The first-order chi connectivity index (χ1) is 15.0. The molecule has 0 atom stereocenters. The monoisotopic (exact) mass is 425 g/mol. The Kier molecular flexibility index (Phi) is 9.88. The largest absolute Gasteiger partial charge is 0.445 e. The Balaban J connectivity index is 1.90. The van der Waals surface area contributed by atoms with E-state index >= 15 is 0 Å². The second-order valence-electron chi connectivity index (χ2n) is 6.68. The fourth-order valence-electron chi connectivity index (χ4n) is 2.55. The number of ether oxygens (including phenoxy) is 3. The second kappa shape index (κ2) is 12.9. The number of benzene rings is 2. The standard InChI is InChI=1S/C23H27N3O5/c1-3-15-29-16-14-24-23(2,25-21(27)30-17-19-10-6-4-7-11-19)26-22(28)31-18-20-12-8-5-9-13-20/h1,4-13,24H,14-18H2,2H3,(H,25,27)(H,26,28). The van der Waals surface area contributed by atoms with Gasteiger partial charge in [-0.05, 0) is 18.1 Å². The van der Waals surface area contributed by atoms with E-state index in [1.54, 1.807) is 6.92 Å². The average Bonchev–Trinajstić information content (AvgIpc) is 2.77. The van der Waals surface area contributed by atoms with Crippen LogP contribution in [-0.4, -0.2) is 37.7 Å². The predicted octanol–water partition coefficient (Wildman–Crippen LogP) is 2.75. The van der Waals surface area contributed by atoms with Crippen molar-refractivity contribution in [2.24, 2.45) is 0 Å². The number of terminal acetylenes is 1. The predicted molar refractivity (Wildman–Crippen MR) is 116 cm³/mol. The topological polar surface area (TPSA) is 97.9 Å². The zero-order valence-electron chi connectivity index (χ0n) is 17.4. The van der Waals surface area contributed by atoms with Gasteiger partial charge in [-0.25, -0.2) is 9.59 Å². The number of alkyl carbamates (subject to hydrolysis) is 2. The summed E-state index contributed by atoms with van der Waals surface area (Å²) in [6, 6.07) is 18.5. The maximum Gasteiger partial charge on any atom is 0.410 e. The van der Waals surface area contributed by atoms with Gasteiger partial charge in [0.15, 0.2) is 5.79 Å². The molecule has 0 saturated carbocycles. The van der Waals surface area contributed by atoms with E-state index < -0.39 is 18.0 Å². The number of rotatable bonds is 11. The van der Waals surface area contributed by atoms with Gasteiger partial charge >= 0.3 is 12.2 Å². The molecule has 3 N–H and O–H groups in total. The maximum absolute atomic E-state index is 12.3. The first kappa shape index (κ1) is 23.7. The molecule has 8 heteroatoms. The van der Waals surface area contributed by atoms with Crippen molar-refractivity contribution < 1.29 is 23.8 Å². The van der Waals surface area contributed by atoms with Crippen LogP contribution in [-0.2, 0) is 27.4 Å². The van der Waals surface area contributed by atoms with Gasteiger partial charge in [-0.1, -0.05) is 66.6 Å². The lowest BCUT2D eigenvalue weighted by atomic mass is 10.2. The third kappa shape index (κ3) is 9.67. The molecule has 164 valence electrons. The highest BCUT2D eigenvalue weighted by Gasteiger charge is 2.29.